The number of nitrogens with zero attached hydrogens (tertiary/aromatic N) is 1. The Kier molecular flexibility index (Phi) is 4.03. The van der Waals surface area contributed by atoms with Gasteiger partial charge in [0.1, 0.15) is 0 Å². The number of nitro groups is 1. The molecule has 3 N–H and O–H groups in total. The van der Waals surface area contributed by atoms with Crippen molar-refractivity contribution in [2.45, 2.75) is 6.54 Å². The van der Waals surface area contributed by atoms with Crippen molar-refractivity contribution in [1.29, 1.82) is 0 Å². The van der Waals surface area contributed by atoms with Gasteiger partial charge in [-0.1, -0.05) is 12.1 Å². The second-order valence-corrected chi connectivity index (χ2v) is 2.89. The lowest BCUT2D eigenvalue weighted by molar-refractivity contribution is -0.384. The molecule has 76 valence electrons. The van der Waals surface area contributed by atoms with Crippen LogP contribution in [-0.4, -0.2) is 18.0 Å². The maximum absolute atomic E-state index is 10.4. The van der Waals surface area contributed by atoms with Crippen LogP contribution in [0.25, 0.3) is 0 Å². The van der Waals surface area contributed by atoms with Crippen LogP contribution in [0.2, 0.25) is 0 Å². The Labute approximate surface area is 82.1 Å². The quantitative estimate of drug-likeness (QED) is 0.410. The molecule has 0 unspecified atom stereocenters. The van der Waals surface area contributed by atoms with Crippen LogP contribution in [0, 0.1) is 10.1 Å². The minimum atomic E-state index is -0.396. The Balaban J connectivity index is 2.59. The first-order chi connectivity index (χ1) is 6.74. The summed E-state index contributed by atoms with van der Waals surface area (Å²) in [5.41, 5.74) is 6.32. The largest absolute Gasteiger partial charge is 0.329 e. The van der Waals surface area contributed by atoms with E-state index >= 15 is 0 Å². The van der Waals surface area contributed by atoms with E-state index < -0.39 is 4.92 Å². The molecule has 0 amide bonds. The Morgan fingerprint density at radius 2 is 2.29 bits per heavy atom. The Bertz CT molecular complexity index is 315. The van der Waals surface area contributed by atoms with Gasteiger partial charge in [-0.3, -0.25) is 10.1 Å². The highest BCUT2D eigenvalue weighted by atomic mass is 16.6. The third kappa shape index (κ3) is 3.12. The number of nitrogens with one attached hydrogen (secondary N) is 1. The van der Waals surface area contributed by atoms with Crippen LogP contribution < -0.4 is 11.1 Å². The molecule has 1 rings (SSSR count). The van der Waals surface area contributed by atoms with Crippen molar-refractivity contribution in [3.8, 4) is 0 Å². The molecule has 0 aliphatic heterocycles. The third-order valence-electron chi connectivity index (χ3n) is 1.77. The molecule has 1 aromatic carbocycles. The van der Waals surface area contributed by atoms with Gasteiger partial charge in [0.25, 0.3) is 5.69 Å². The molecule has 0 aliphatic rings. The van der Waals surface area contributed by atoms with Gasteiger partial charge in [-0.2, -0.15) is 0 Å². The Morgan fingerprint density at radius 1 is 1.50 bits per heavy atom. The van der Waals surface area contributed by atoms with E-state index in [4.69, 9.17) is 5.73 Å². The SMILES string of the molecule is NCCNCc1cccc([N+](=O)[O-])c1. The molecular weight excluding hydrogens is 182 g/mol. The Morgan fingerprint density at radius 3 is 2.93 bits per heavy atom. The van der Waals surface area contributed by atoms with Crippen molar-refractivity contribution in [2.24, 2.45) is 5.73 Å². The van der Waals surface area contributed by atoms with Gasteiger partial charge < -0.3 is 11.1 Å². The summed E-state index contributed by atoms with van der Waals surface area (Å²) in [6, 6.07) is 6.56. The number of hydrogen-bond acceptors (Lipinski definition) is 4. The molecule has 0 aromatic heterocycles. The van der Waals surface area contributed by atoms with Crippen LogP contribution in [0.1, 0.15) is 5.56 Å². The Hall–Kier alpha value is -1.46. The smallest absolute Gasteiger partial charge is 0.269 e. The van der Waals surface area contributed by atoms with Crippen LogP contribution in [0.4, 0.5) is 5.69 Å². The zero-order valence-electron chi connectivity index (χ0n) is 7.77. The number of hydrogen-bond donors (Lipinski definition) is 2. The van der Waals surface area contributed by atoms with Gasteiger partial charge in [0, 0.05) is 31.8 Å². The topological polar surface area (TPSA) is 81.2 Å². The second kappa shape index (κ2) is 5.31. The van der Waals surface area contributed by atoms with E-state index in [-0.39, 0.29) is 5.69 Å². The number of nitrogens with two attached hydrogens (primary N) is 1. The standard InChI is InChI=1S/C9H13N3O2/c10-4-5-11-7-8-2-1-3-9(6-8)12(13)14/h1-3,6,11H,4-5,7,10H2. The first kappa shape index (κ1) is 10.6. The summed E-state index contributed by atoms with van der Waals surface area (Å²) in [6.45, 7) is 1.89. The summed E-state index contributed by atoms with van der Waals surface area (Å²) >= 11 is 0. The van der Waals surface area contributed by atoms with Gasteiger partial charge in [-0.25, -0.2) is 0 Å². The second-order valence-electron chi connectivity index (χ2n) is 2.89. The molecule has 5 nitrogen and oxygen atoms in total. The van der Waals surface area contributed by atoms with Gasteiger partial charge in [0.15, 0.2) is 0 Å². The van der Waals surface area contributed by atoms with E-state index in [1.54, 1.807) is 12.1 Å². The summed E-state index contributed by atoms with van der Waals surface area (Å²) in [6.07, 6.45) is 0. The summed E-state index contributed by atoms with van der Waals surface area (Å²) in [5, 5.41) is 13.5. The summed E-state index contributed by atoms with van der Waals surface area (Å²) in [5.74, 6) is 0. The lowest BCUT2D eigenvalue weighted by Gasteiger charge is -2.02. The van der Waals surface area contributed by atoms with Crippen molar-refractivity contribution in [3.63, 3.8) is 0 Å². The van der Waals surface area contributed by atoms with E-state index in [0.717, 1.165) is 5.56 Å². The molecule has 0 spiro atoms. The van der Waals surface area contributed by atoms with Crippen molar-refractivity contribution in [1.82, 2.24) is 5.32 Å². The molecule has 5 heteroatoms. The highest BCUT2D eigenvalue weighted by Crippen LogP contribution is 2.12. The van der Waals surface area contributed by atoms with Crippen LogP contribution in [0.5, 0.6) is 0 Å². The van der Waals surface area contributed by atoms with Gasteiger partial charge in [-0.15, -0.1) is 0 Å². The van der Waals surface area contributed by atoms with Crippen molar-refractivity contribution in [2.75, 3.05) is 13.1 Å². The van der Waals surface area contributed by atoms with Crippen molar-refractivity contribution in [3.05, 3.63) is 39.9 Å². The predicted octanol–water partition coefficient (Wildman–Crippen LogP) is 0.643. The van der Waals surface area contributed by atoms with E-state index in [0.29, 0.717) is 19.6 Å². The first-order valence-corrected chi connectivity index (χ1v) is 4.38. The third-order valence-corrected chi connectivity index (χ3v) is 1.77. The fourth-order valence-electron chi connectivity index (χ4n) is 1.11. The van der Waals surface area contributed by atoms with Crippen LogP contribution in [-0.2, 0) is 6.54 Å². The molecule has 0 heterocycles. The number of non-ortho nitro benzene ring substituents is 1. The van der Waals surface area contributed by atoms with Gasteiger partial charge in [-0.05, 0) is 5.56 Å². The normalized spacial score (nSPS) is 10.1. The van der Waals surface area contributed by atoms with Crippen molar-refractivity contribution >= 4 is 5.69 Å². The van der Waals surface area contributed by atoms with E-state index in [1.807, 2.05) is 6.07 Å². The molecule has 0 radical (unpaired) electrons. The van der Waals surface area contributed by atoms with Gasteiger partial charge in [0.2, 0.25) is 0 Å². The zero-order chi connectivity index (χ0) is 10.4. The number of nitro benzene ring substituents is 1. The van der Waals surface area contributed by atoms with Crippen LogP contribution >= 0.6 is 0 Å². The highest BCUT2D eigenvalue weighted by molar-refractivity contribution is 5.34. The van der Waals surface area contributed by atoms with Crippen molar-refractivity contribution < 1.29 is 4.92 Å². The van der Waals surface area contributed by atoms with Gasteiger partial charge >= 0.3 is 0 Å². The number of benzene rings is 1. The average Bonchev–Trinajstić information content (AvgIpc) is 2.19. The molecule has 0 atom stereocenters. The van der Waals surface area contributed by atoms with Crippen LogP contribution in [0.3, 0.4) is 0 Å². The molecule has 0 saturated carbocycles. The monoisotopic (exact) mass is 195 g/mol. The summed E-state index contributed by atoms with van der Waals surface area (Å²) in [4.78, 5) is 10.1. The lowest BCUT2D eigenvalue weighted by Crippen LogP contribution is -2.21. The maximum Gasteiger partial charge on any atom is 0.269 e. The summed E-state index contributed by atoms with van der Waals surface area (Å²) in [7, 11) is 0. The molecule has 1 aromatic rings. The fourth-order valence-corrected chi connectivity index (χ4v) is 1.11. The molecule has 0 fully saturated rings. The molecule has 14 heavy (non-hydrogen) atoms. The zero-order valence-corrected chi connectivity index (χ0v) is 7.77. The molecule has 0 saturated heterocycles. The van der Waals surface area contributed by atoms with E-state index in [9.17, 15) is 10.1 Å². The average molecular weight is 195 g/mol. The summed E-state index contributed by atoms with van der Waals surface area (Å²) < 4.78 is 0. The minimum Gasteiger partial charge on any atom is -0.329 e. The number of rotatable bonds is 5. The van der Waals surface area contributed by atoms with Gasteiger partial charge in [0.05, 0.1) is 4.92 Å². The first-order valence-electron chi connectivity index (χ1n) is 4.38. The fraction of sp³-hybridized carbons (Fsp3) is 0.333. The molecule has 0 bridgehead atoms. The molecular formula is C9H13N3O2. The van der Waals surface area contributed by atoms with E-state index in [2.05, 4.69) is 5.32 Å². The predicted molar refractivity (Wildman–Crippen MR) is 53.9 cm³/mol. The highest BCUT2D eigenvalue weighted by Gasteiger charge is 2.04. The minimum absolute atomic E-state index is 0.122. The van der Waals surface area contributed by atoms with E-state index in [1.165, 1.54) is 6.07 Å². The molecule has 0 aliphatic carbocycles. The maximum atomic E-state index is 10.4. The van der Waals surface area contributed by atoms with Crippen LogP contribution in [0.15, 0.2) is 24.3 Å². The lowest BCUT2D eigenvalue weighted by atomic mass is 10.2.